The van der Waals surface area contributed by atoms with Crippen LogP contribution >= 0.6 is 0 Å². The van der Waals surface area contributed by atoms with Crippen LogP contribution in [0.4, 0.5) is 0 Å². The van der Waals surface area contributed by atoms with Crippen LogP contribution in [0.5, 0.6) is 0 Å². The van der Waals surface area contributed by atoms with Gasteiger partial charge in [0.05, 0.1) is 0 Å². The molecule has 0 aromatic heterocycles. The molecule has 0 N–H and O–H groups in total. The second-order valence-corrected chi connectivity index (χ2v) is 4.65. The van der Waals surface area contributed by atoms with E-state index in [1.165, 1.54) is 12.8 Å². The lowest BCUT2D eigenvalue weighted by atomic mass is 9.88. The van der Waals surface area contributed by atoms with E-state index in [9.17, 15) is 0 Å². The highest BCUT2D eigenvalue weighted by Gasteiger charge is 2.29. The van der Waals surface area contributed by atoms with E-state index in [1.54, 1.807) is 0 Å². The number of aliphatic imine (C=N–C) groups is 2. The summed E-state index contributed by atoms with van der Waals surface area (Å²) in [4.78, 5) is 9.09. The highest BCUT2D eigenvalue weighted by atomic mass is 14.9. The maximum Gasteiger partial charge on any atom is 0.131 e. The average Bonchev–Trinajstić information content (AvgIpc) is 2.93. The number of hydrogen-bond donors (Lipinski definition) is 0. The standard InChI is InChI=1S/C12H18N2/c1-4-12(3)7-9(2)14-11(13-8-12)10-5-6-10/h7-8,10H,4-6H2,1-3H3. The zero-order valence-corrected chi connectivity index (χ0v) is 9.25. The number of rotatable bonds is 2. The molecule has 2 nitrogen and oxygen atoms in total. The summed E-state index contributed by atoms with van der Waals surface area (Å²) in [5, 5.41) is 0. The summed E-state index contributed by atoms with van der Waals surface area (Å²) in [6, 6.07) is 0. The van der Waals surface area contributed by atoms with Gasteiger partial charge < -0.3 is 0 Å². The van der Waals surface area contributed by atoms with E-state index in [2.05, 4.69) is 43.0 Å². The van der Waals surface area contributed by atoms with Crippen LogP contribution in [0.2, 0.25) is 0 Å². The van der Waals surface area contributed by atoms with Crippen molar-refractivity contribution in [3.8, 4) is 0 Å². The molecule has 0 bridgehead atoms. The van der Waals surface area contributed by atoms with Crippen molar-refractivity contribution in [2.75, 3.05) is 0 Å². The zero-order chi connectivity index (χ0) is 10.2. The summed E-state index contributed by atoms with van der Waals surface area (Å²) in [6.45, 7) is 6.48. The van der Waals surface area contributed by atoms with Crippen LogP contribution < -0.4 is 0 Å². The van der Waals surface area contributed by atoms with Crippen LogP contribution in [0.1, 0.15) is 40.0 Å². The second-order valence-electron chi connectivity index (χ2n) is 4.65. The Labute approximate surface area is 85.8 Å². The van der Waals surface area contributed by atoms with Crippen LogP contribution in [0.3, 0.4) is 0 Å². The summed E-state index contributed by atoms with van der Waals surface area (Å²) < 4.78 is 0. The van der Waals surface area contributed by atoms with E-state index in [1.807, 2.05) is 0 Å². The molecule has 0 aromatic carbocycles. The Bertz CT molecular complexity index is 321. The molecule has 2 rings (SSSR count). The van der Waals surface area contributed by atoms with Crippen LogP contribution in [0, 0.1) is 11.3 Å². The van der Waals surface area contributed by atoms with E-state index in [0.29, 0.717) is 5.92 Å². The van der Waals surface area contributed by atoms with Gasteiger partial charge in [-0.3, -0.25) is 0 Å². The Balaban J connectivity index is 2.27. The second kappa shape index (κ2) is 3.34. The maximum absolute atomic E-state index is 4.56. The van der Waals surface area contributed by atoms with Crippen molar-refractivity contribution in [1.29, 1.82) is 0 Å². The Morgan fingerprint density at radius 3 is 2.79 bits per heavy atom. The van der Waals surface area contributed by atoms with Crippen molar-refractivity contribution in [3.63, 3.8) is 0 Å². The Kier molecular flexibility index (Phi) is 2.30. The average molecular weight is 190 g/mol. The van der Waals surface area contributed by atoms with Crippen molar-refractivity contribution in [3.05, 3.63) is 11.8 Å². The third-order valence-corrected chi connectivity index (χ3v) is 3.03. The fourth-order valence-corrected chi connectivity index (χ4v) is 1.70. The molecule has 0 aromatic rings. The van der Waals surface area contributed by atoms with E-state index in [4.69, 9.17) is 0 Å². The fraction of sp³-hybridized carbons (Fsp3) is 0.667. The third kappa shape index (κ3) is 1.94. The Morgan fingerprint density at radius 1 is 1.50 bits per heavy atom. The minimum absolute atomic E-state index is 0.101. The first kappa shape index (κ1) is 9.63. The lowest BCUT2D eigenvalue weighted by Crippen LogP contribution is -2.13. The minimum Gasteiger partial charge on any atom is -0.245 e. The van der Waals surface area contributed by atoms with E-state index >= 15 is 0 Å². The predicted octanol–water partition coefficient (Wildman–Crippen LogP) is 3.20. The quantitative estimate of drug-likeness (QED) is 0.639. The first-order chi connectivity index (χ1) is 6.63. The molecule has 1 aliphatic heterocycles. The Hall–Kier alpha value is -0.920. The molecular formula is C12H18N2. The van der Waals surface area contributed by atoms with Crippen LogP contribution in [0.25, 0.3) is 0 Å². The van der Waals surface area contributed by atoms with Gasteiger partial charge in [-0.05, 0) is 26.2 Å². The van der Waals surface area contributed by atoms with Crippen LogP contribution in [-0.2, 0) is 0 Å². The molecule has 1 heterocycles. The molecule has 1 fully saturated rings. The molecule has 1 aliphatic carbocycles. The first-order valence-corrected chi connectivity index (χ1v) is 5.46. The summed E-state index contributed by atoms with van der Waals surface area (Å²) >= 11 is 0. The van der Waals surface area contributed by atoms with Crippen molar-refractivity contribution in [2.45, 2.75) is 40.0 Å². The van der Waals surface area contributed by atoms with E-state index in [0.717, 1.165) is 18.0 Å². The molecule has 1 unspecified atom stereocenters. The van der Waals surface area contributed by atoms with Gasteiger partial charge in [0.2, 0.25) is 0 Å². The minimum atomic E-state index is 0.101. The smallest absolute Gasteiger partial charge is 0.131 e. The number of allylic oxidation sites excluding steroid dienone is 2. The van der Waals surface area contributed by atoms with E-state index in [-0.39, 0.29) is 5.41 Å². The molecule has 2 aliphatic rings. The predicted molar refractivity (Wildman–Crippen MR) is 60.8 cm³/mol. The van der Waals surface area contributed by atoms with Crippen molar-refractivity contribution in [1.82, 2.24) is 0 Å². The molecule has 2 heteroatoms. The topological polar surface area (TPSA) is 24.7 Å². The Morgan fingerprint density at radius 2 is 2.21 bits per heavy atom. The van der Waals surface area contributed by atoms with Gasteiger partial charge in [-0.1, -0.05) is 19.9 Å². The molecular weight excluding hydrogens is 172 g/mol. The molecule has 0 saturated heterocycles. The zero-order valence-electron chi connectivity index (χ0n) is 9.25. The number of amidine groups is 1. The van der Waals surface area contributed by atoms with Gasteiger partial charge in [0.25, 0.3) is 0 Å². The normalized spacial score (nSPS) is 32.2. The summed E-state index contributed by atoms with van der Waals surface area (Å²) in [7, 11) is 0. The van der Waals surface area contributed by atoms with Gasteiger partial charge in [0, 0.05) is 23.2 Å². The monoisotopic (exact) mass is 190 g/mol. The van der Waals surface area contributed by atoms with Gasteiger partial charge in [0.1, 0.15) is 5.84 Å². The van der Waals surface area contributed by atoms with Crippen LogP contribution in [0.15, 0.2) is 21.8 Å². The van der Waals surface area contributed by atoms with Crippen molar-refractivity contribution < 1.29 is 0 Å². The summed E-state index contributed by atoms with van der Waals surface area (Å²) in [5.74, 6) is 1.70. The highest BCUT2D eigenvalue weighted by Crippen LogP contribution is 2.34. The van der Waals surface area contributed by atoms with Gasteiger partial charge in [-0.15, -0.1) is 0 Å². The SMILES string of the molecule is CCC1(C)C=NC(C2CC2)=NC(C)=C1. The lowest BCUT2D eigenvalue weighted by molar-refractivity contribution is 0.583. The fourth-order valence-electron chi connectivity index (χ4n) is 1.70. The number of hydrogen-bond acceptors (Lipinski definition) is 2. The largest absolute Gasteiger partial charge is 0.245 e. The van der Waals surface area contributed by atoms with E-state index < -0.39 is 0 Å². The molecule has 0 radical (unpaired) electrons. The van der Waals surface area contributed by atoms with Crippen molar-refractivity contribution in [2.24, 2.45) is 21.3 Å². The third-order valence-electron chi connectivity index (χ3n) is 3.03. The van der Waals surface area contributed by atoms with Gasteiger partial charge in [-0.25, -0.2) is 9.98 Å². The summed E-state index contributed by atoms with van der Waals surface area (Å²) in [5.41, 5.74) is 1.22. The van der Waals surface area contributed by atoms with Gasteiger partial charge >= 0.3 is 0 Å². The molecule has 76 valence electrons. The van der Waals surface area contributed by atoms with Crippen LogP contribution in [-0.4, -0.2) is 12.1 Å². The molecule has 0 amide bonds. The van der Waals surface area contributed by atoms with Gasteiger partial charge in [-0.2, -0.15) is 0 Å². The lowest BCUT2D eigenvalue weighted by Gasteiger charge is -2.17. The molecule has 1 saturated carbocycles. The van der Waals surface area contributed by atoms with Gasteiger partial charge in [0.15, 0.2) is 0 Å². The molecule has 14 heavy (non-hydrogen) atoms. The number of nitrogens with zero attached hydrogens (tertiary/aromatic N) is 2. The highest BCUT2D eigenvalue weighted by molar-refractivity contribution is 5.95. The summed E-state index contributed by atoms with van der Waals surface area (Å²) in [6.07, 6.45) is 7.92. The maximum atomic E-state index is 4.56. The van der Waals surface area contributed by atoms with Crippen molar-refractivity contribution >= 4 is 12.1 Å². The molecule has 0 spiro atoms. The molecule has 1 atom stereocenters. The first-order valence-electron chi connectivity index (χ1n) is 5.46.